The molecule has 0 N–H and O–H groups in total. The third-order valence-corrected chi connectivity index (χ3v) is 3.39. The number of aryl methyl sites for hydroxylation is 1. The number of ether oxygens (including phenoxy) is 1. The molecule has 0 aliphatic heterocycles. The molecular weight excluding hydrogens is 276 g/mol. The molecule has 0 atom stereocenters. The predicted octanol–water partition coefficient (Wildman–Crippen LogP) is 4.05. The van der Waals surface area contributed by atoms with Crippen molar-refractivity contribution in [2.45, 2.75) is 27.7 Å². The molecule has 22 heavy (non-hydrogen) atoms. The molecule has 114 valence electrons. The molecule has 4 nitrogen and oxygen atoms in total. The highest BCUT2D eigenvalue weighted by molar-refractivity contribution is 5.89. The summed E-state index contributed by atoms with van der Waals surface area (Å²) in [5.41, 5.74) is 4.89. The number of hydrogen-bond donors (Lipinski definition) is 0. The molecular formula is C18H20N2O2. The average Bonchev–Trinajstić information content (AvgIpc) is 2.54. The van der Waals surface area contributed by atoms with E-state index < -0.39 is 5.97 Å². The molecule has 0 radical (unpaired) electrons. The molecule has 2 rings (SSSR count). The van der Waals surface area contributed by atoms with Crippen LogP contribution in [-0.4, -0.2) is 22.5 Å². The van der Waals surface area contributed by atoms with Crippen LogP contribution in [0, 0.1) is 6.92 Å². The molecule has 2 aromatic rings. The second-order valence-electron chi connectivity index (χ2n) is 5.01. The fourth-order valence-corrected chi connectivity index (χ4v) is 2.00. The van der Waals surface area contributed by atoms with Gasteiger partial charge in [-0.2, -0.15) is 0 Å². The second-order valence-corrected chi connectivity index (χ2v) is 5.01. The number of pyridine rings is 2. The van der Waals surface area contributed by atoms with E-state index in [4.69, 9.17) is 4.74 Å². The fourth-order valence-electron chi connectivity index (χ4n) is 2.00. The highest BCUT2D eigenvalue weighted by Gasteiger charge is 2.13. The van der Waals surface area contributed by atoms with Crippen LogP contribution in [0.15, 0.2) is 36.5 Å². The number of carbonyl (C=O) groups excluding carboxylic acids is 1. The molecule has 0 amide bonds. The second kappa shape index (κ2) is 6.98. The maximum atomic E-state index is 12.0. The lowest BCUT2D eigenvalue weighted by atomic mass is 10.0. The molecule has 0 saturated carbocycles. The third-order valence-electron chi connectivity index (χ3n) is 3.39. The Balaban J connectivity index is 2.55. The number of carbonyl (C=O) groups is 1. The molecule has 0 saturated heterocycles. The van der Waals surface area contributed by atoms with Gasteiger partial charge in [-0.1, -0.05) is 12.1 Å². The zero-order chi connectivity index (χ0) is 16.1. The number of aromatic nitrogens is 2. The Kier molecular flexibility index (Phi) is 5.04. The number of esters is 1. The molecule has 0 aliphatic carbocycles. The summed E-state index contributed by atoms with van der Waals surface area (Å²) in [5, 5.41) is 0. The topological polar surface area (TPSA) is 52.1 Å². The zero-order valence-electron chi connectivity index (χ0n) is 13.4. The van der Waals surface area contributed by atoms with Crippen molar-refractivity contribution in [3.8, 4) is 11.1 Å². The van der Waals surface area contributed by atoms with E-state index in [2.05, 4.69) is 9.97 Å². The standard InChI is InChI=1S/C18H20N2O2/c1-5-12(3)16-9-15(14-8-7-13(4)19-11-14)10-17(20-16)18(21)22-6-2/h5,7-11H,6H2,1-4H3/b12-5+. The number of nitrogens with zero attached hydrogens (tertiary/aromatic N) is 2. The van der Waals surface area contributed by atoms with Crippen molar-refractivity contribution in [2.75, 3.05) is 6.61 Å². The first-order valence-electron chi connectivity index (χ1n) is 7.30. The van der Waals surface area contributed by atoms with E-state index in [0.717, 1.165) is 28.1 Å². The minimum absolute atomic E-state index is 0.316. The molecule has 2 heterocycles. The van der Waals surface area contributed by atoms with E-state index in [1.807, 2.05) is 45.0 Å². The van der Waals surface area contributed by atoms with Gasteiger partial charge in [0.2, 0.25) is 0 Å². The van der Waals surface area contributed by atoms with Crippen LogP contribution >= 0.6 is 0 Å². The van der Waals surface area contributed by atoms with Crippen LogP contribution in [-0.2, 0) is 4.74 Å². The molecule has 0 unspecified atom stereocenters. The predicted molar refractivity (Wildman–Crippen MR) is 87.5 cm³/mol. The van der Waals surface area contributed by atoms with Gasteiger partial charge in [-0.25, -0.2) is 9.78 Å². The summed E-state index contributed by atoms with van der Waals surface area (Å²) in [4.78, 5) is 20.7. The van der Waals surface area contributed by atoms with Gasteiger partial charge in [-0.05, 0) is 57.0 Å². The van der Waals surface area contributed by atoms with Gasteiger partial charge in [0.05, 0.1) is 12.3 Å². The van der Waals surface area contributed by atoms with Crippen molar-refractivity contribution in [3.63, 3.8) is 0 Å². The van der Waals surface area contributed by atoms with E-state index in [1.165, 1.54) is 0 Å². The van der Waals surface area contributed by atoms with Crippen LogP contribution in [0.25, 0.3) is 16.7 Å². The monoisotopic (exact) mass is 296 g/mol. The van der Waals surface area contributed by atoms with Crippen LogP contribution in [0.3, 0.4) is 0 Å². The quantitative estimate of drug-likeness (QED) is 0.799. The third kappa shape index (κ3) is 3.58. The molecule has 0 aromatic carbocycles. The largest absolute Gasteiger partial charge is 0.461 e. The van der Waals surface area contributed by atoms with Crippen LogP contribution in [0.4, 0.5) is 0 Å². The van der Waals surface area contributed by atoms with Gasteiger partial charge in [0.1, 0.15) is 5.69 Å². The molecule has 0 aliphatic rings. The Morgan fingerprint density at radius 2 is 1.95 bits per heavy atom. The smallest absolute Gasteiger partial charge is 0.356 e. The van der Waals surface area contributed by atoms with Crippen LogP contribution in [0.1, 0.15) is 42.6 Å². The lowest BCUT2D eigenvalue weighted by molar-refractivity contribution is 0.0519. The summed E-state index contributed by atoms with van der Waals surface area (Å²) in [7, 11) is 0. The first-order valence-corrected chi connectivity index (χ1v) is 7.30. The van der Waals surface area contributed by atoms with E-state index in [1.54, 1.807) is 19.2 Å². The van der Waals surface area contributed by atoms with Gasteiger partial charge in [0.25, 0.3) is 0 Å². The van der Waals surface area contributed by atoms with Crippen LogP contribution < -0.4 is 0 Å². The van der Waals surface area contributed by atoms with E-state index in [-0.39, 0.29) is 0 Å². The summed E-state index contributed by atoms with van der Waals surface area (Å²) in [6.07, 6.45) is 3.77. The van der Waals surface area contributed by atoms with Crippen molar-refractivity contribution < 1.29 is 9.53 Å². The van der Waals surface area contributed by atoms with Crippen molar-refractivity contribution >= 4 is 11.5 Å². The highest BCUT2D eigenvalue weighted by atomic mass is 16.5. The van der Waals surface area contributed by atoms with Gasteiger partial charge in [-0.3, -0.25) is 4.98 Å². The van der Waals surface area contributed by atoms with Gasteiger partial charge in [-0.15, -0.1) is 0 Å². The molecule has 0 fully saturated rings. The van der Waals surface area contributed by atoms with Gasteiger partial charge in [0.15, 0.2) is 0 Å². The Bertz CT molecular complexity index is 704. The lowest BCUT2D eigenvalue weighted by Gasteiger charge is -2.09. The van der Waals surface area contributed by atoms with Gasteiger partial charge < -0.3 is 4.74 Å². The first-order chi connectivity index (χ1) is 10.5. The number of allylic oxidation sites excluding steroid dienone is 2. The zero-order valence-corrected chi connectivity index (χ0v) is 13.4. The van der Waals surface area contributed by atoms with Crippen molar-refractivity contribution in [2.24, 2.45) is 0 Å². The SMILES string of the molecule is C/C=C(\C)c1cc(-c2ccc(C)nc2)cc(C(=O)OCC)n1. The van der Waals surface area contributed by atoms with Crippen LogP contribution in [0.2, 0.25) is 0 Å². The Hall–Kier alpha value is -2.49. The maximum Gasteiger partial charge on any atom is 0.356 e. The minimum atomic E-state index is -0.408. The van der Waals surface area contributed by atoms with Gasteiger partial charge >= 0.3 is 5.97 Å². The maximum absolute atomic E-state index is 12.0. The van der Waals surface area contributed by atoms with Crippen molar-refractivity contribution in [3.05, 3.63) is 53.6 Å². The molecule has 0 spiro atoms. The summed E-state index contributed by atoms with van der Waals surface area (Å²) in [6, 6.07) is 7.64. The number of hydrogen-bond acceptors (Lipinski definition) is 4. The first kappa shape index (κ1) is 15.9. The van der Waals surface area contributed by atoms with E-state index >= 15 is 0 Å². The summed E-state index contributed by atoms with van der Waals surface area (Å²) >= 11 is 0. The Morgan fingerprint density at radius 1 is 1.23 bits per heavy atom. The lowest BCUT2D eigenvalue weighted by Crippen LogP contribution is -2.08. The summed E-state index contributed by atoms with van der Waals surface area (Å²) in [5.74, 6) is -0.408. The van der Waals surface area contributed by atoms with E-state index in [9.17, 15) is 4.79 Å². The minimum Gasteiger partial charge on any atom is -0.461 e. The van der Waals surface area contributed by atoms with E-state index in [0.29, 0.717) is 12.3 Å². The molecule has 0 bridgehead atoms. The van der Waals surface area contributed by atoms with Crippen molar-refractivity contribution in [1.29, 1.82) is 0 Å². The molecule has 2 aromatic heterocycles. The van der Waals surface area contributed by atoms with Gasteiger partial charge in [0, 0.05) is 17.5 Å². The summed E-state index contributed by atoms with van der Waals surface area (Å²) in [6.45, 7) is 7.96. The average molecular weight is 296 g/mol. The molecule has 4 heteroatoms. The fraction of sp³-hybridized carbons (Fsp3) is 0.278. The Morgan fingerprint density at radius 3 is 2.55 bits per heavy atom. The normalized spacial score (nSPS) is 11.4. The van der Waals surface area contributed by atoms with Crippen LogP contribution in [0.5, 0.6) is 0 Å². The summed E-state index contributed by atoms with van der Waals surface area (Å²) < 4.78 is 5.07. The number of rotatable bonds is 4. The highest BCUT2D eigenvalue weighted by Crippen LogP contribution is 2.24. The Labute approximate surface area is 130 Å². The van der Waals surface area contributed by atoms with Crippen molar-refractivity contribution in [1.82, 2.24) is 9.97 Å².